The third-order valence-corrected chi connectivity index (χ3v) is 3.98. The Balaban J connectivity index is 1.99. The second kappa shape index (κ2) is 6.75. The van der Waals surface area contributed by atoms with E-state index in [2.05, 4.69) is 29.5 Å². The molecule has 0 aliphatic heterocycles. The molecule has 2 heteroatoms. The Morgan fingerprint density at radius 3 is 2.71 bits per heavy atom. The minimum absolute atomic E-state index is 0.819. The van der Waals surface area contributed by atoms with Crippen molar-refractivity contribution in [1.29, 1.82) is 0 Å². The van der Waals surface area contributed by atoms with Gasteiger partial charge in [0.25, 0.3) is 0 Å². The largest absolute Gasteiger partial charge is 0.319 e. The molecule has 1 aliphatic carbocycles. The highest BCUT2D eigenvalue weighted by atomic mass is 14.8. The molecule has 94 valence electrons. The summed E-state index contributed by atoms with van der Waals surface area (Å²) in [5, 5.41) is 3.36. The predicted molar refractivity (Wildman–Crippen MR) is 71.9 cm³/mol. The third kappa shape index (κ3) is 3.81. The van der Waals surface area contributed by atoms with E-state index in [1.165, 1.54) is 37.8 Å². The van der Waals surface area contributed by atoms with Crippen molar-refractivity contribution in [2.24, 2.45) is 11.8 Å². The average Bonchev–Trinajstić information content (AvgIpc) is 2.57. The molecule has 1 aromatic heterocycles. The average molecular weight is 232 g/mol. The lowest BCUT2D eigenvalue weighted by atomic mass is 9.84. The van der Waals surface area contributed by atoms with Gasteiger partial charge in [-0.15, -0.1) is 0 Å². The second-order valence-corrected chi connectivity index (χ2v) is 5.24. The number of nitrogens with zero attached hydrogens (tertiary/aromatic N) is 1. The second-order valence-electron chi connectivity index (χ2n) is 5.24. The molecule has 2 atom stereocenters. The fourth-order valence-electron chi connectivity index (χ4n) is 3.05. The van der Waals surface area contributed by atoms with E-state index >= 15 is 0 Å². The van der Waals surface area contributed by atoms with Crippen molar-refractivity contribution in [3.63, 3.8) is 0 Å². The van der Waals surface area contributed by atoms with Crippen molar-refractivity contribution in [3.8, 4) is 0 Å². The number of hydrogen-bond acceptors (Lipinski definition) is 2. The van der Waals surface area contributed by atoms with E-state index in [0.717, 1.165) is 24.8 Å². The van der Waals surface area contributed by atoms with Crippen molar-refractivity contribution in [1.82, 2.24) is 10.3 Å². The van der Waals surface area contributed by atoms with Gasteiger partial charge in [-0.05, 0) is 56.8 Å². The topological polar surface area (TPSA) is 24.9 Å². The van der Waals surface area contributed by atoms with Crippen LogP contribution in [0.15, 0.2) is 24.4 Å². The summed E-state index contributed by atoms with van der Waals surface area (Å²) in [4.78, 5) is 4.48. The van der Waals surface area contributed by atoms with E-state index in [1.807, 2.05) is 12.3 Å². The molecule has 1 aliphatic rings. The molecule has 17 heavy (non-hydrogen) atoms. The van der Waals surface area contributed by atoms with Crippen LogP contribution in [0.25, 0.3) is 0 Å². The first-order chi connectivity index (χ1) is 8.40. The minimum Gasteiger partial charge on any atom is -0.319 e. The summed E-state index contributed by atoms with van der Waals surface area (Å²) < 4.78 is 0. The van der Waals surface area contributed by atoms with E-state index in [-0.39, 0.29) is 0 Å². The fraction of sp³-hybridized carbons (Fsp3) is 0.667. The third-order valence-electron chi connectivity index (χ3n) is 3.98. The number of pyridine rings is 1. The van der Waals surface area contributed by atoms with E-state index in [9.17, 15) is 0 Å². The van der Waals surface area contributed by atoms with Crippen molar-refractivity contribution >= 4 is 0 Å². The molecule has 1 saturated carbocycles. The molecule has 0 aromatic carbocycles. The van der Waals surface area contributed by atoms with Crippen LogP contribution in [0.5, 0.6) is 0 Å². The summed E-state index contributed by atoms with van der Waals surface area (Å²) in [7, 11) is 2.07. The molecular weight excluding hydrogens is 208 g/mol. The zero-order valence-corrected chi connectivity index (χ0v) is 10.9. The lowest BCUT2D eigenvalue weighted by Gasteiger charge is -2.24. The SMILES string of the molecule is CNCC1CCCCCC1Cc1ccccn1. The van der Waals surface area contributed by atoms with Crippen LogP contribution >= 0.6 is 0 Å². The Bertz CT molecular complexity index is 310. The van der Waals surface area contributed by atoms with Crippen LogP contribution in [0.2, 0.25) is 0 Å². The molecule has 1 N–H and O–H groups in total. The Hall–Kier alpha value is -0.890. The zero-order chi connectivity index (χ0) is 11.9. The van der Waals surface area contributed by atoms with E-state index in [0.29, 0.717) is 0 Å². The predicted octanol–water partition coefficient (Wildman–Crippen LogP) is 3.04. The Morgan fingerprint density at radius 2 is 2.00 bits per heavy atom. The molecule has 2 unspecified atom stereocenters. The van der Waals surface area contributed by atoms with Crippen molar-refractivity contribution in [2.45, 2.75) is 38.5 Å². The monoisotopic (exact) mass is 232 g/mol. The van der Waals surface area contributed by atoms with Crippen LogP contribution in [0.3, 0.4) is 0 Å². The lowest BCUT2D eigenvalue weighted by Crippen LogP contribution is -2.26. The van der Waals surface area contributed by atoms with E-state index in [4.69, 9.17) is 0 Å². The highest BCUT2D eigenvalue weighted by molar-refractivity contribution is 5.05. The van der Waals surface area contributed by atoms with Crippen LogP contribution < -0.4 is 5.32 Å². The number of rotatable bonds is 4. The summed E-state index contributed by atoms with van der Waals surface area (Å²) in [5.74, 6) is 1.66. The van der Waals surface area contributed by atoms with Crippen LogP contribution in [0.1, 0.15) is 37.8 Å². The highest BCUT2D eigenvalue weighted by Crippen LogP contribution is 2.30. The number of aromatic nitrogens is 1. The Morgan fingerprint density at radius 1 is 1.18 bits per heavy atom. The quantitative estimate of drug-likeness (QED) is 0.807. The minimum atomic E-state index is 0.819. The highest BCUT2D eigenvalue weighted by Gasteiger charge is 2.23. The number of hydrogen-bond donors (Lipinski definition) is 1. The van der Waals surface area contributed by atoms with Crippen LogP contribution in [0.4, 0.5) is 0 Å². The Kier molecular flexibility index (Phi) is 4.99. The summed E-state index contributed by atoms with van der Waals surface area (Å²) in [6.07, 6.45) is 10.1. The van der Waals surface area contributed by atoms with Gasteiger partial charge in [-0.1, -0.05) is 25.3 Å². The summed E-state index contributed by atoms with van der Waals surface area (Å²) in [6.45, 7) is 1.16. The first-order valence-electron chi connectivity index (χ1n) is 6.94. The number of nitrogens with one attached hydrogen (secondary N) is 1. The molecule has 0 amide bonds. The van der Waals surface area contributed by atoms with Crippen LogP contribution in [-0.2, 0) is 6.42 Å². The van der Waals surface area contributed by atoms with Gasteiger partial charge in [-0.25, -0.2) is 0 Å². The Labute approximate surface area is 105 Å². The van der Waals surface area contributed by atoms with Gasteiger partial charge in [-0.2, -0.15) is 0 Å². The summed E-state index contributed by atoms with van der Waals surface area (Å²) in [5.41, 5.74) is 1.26. The molecule has 0 radical (unpaired) electrons. The molecule has 0 bridgehead atoms. The first kappa shape index (κ1) is 12.6. The maximum Gasteiger partial charge on any atom is 0.0406 e. The van der Waals surface area contributed by atoms with Crippen LogP contribution in [-0.4, -0.2) is 18.6 Å². The van der Waals surface area contributed by atoms with E-state index in [1.54, 1.807) is 0 Å². The van der Waals surface area contributed by atoms with Gasteiger partial charge in [-0.3, -0.25) is 4.98 Å². The molecule has 2 nitrogen and oxygen atoms in total. The van der Waals surface area contributed by atoms with Crippen molar-refractivity contribution < 1.29 is 0 Å². The normalized spacial score (nSPS) is 25.5. The van der Waals surface area contributed by atoms with Gasteiger partial charge >= 0.3 is 0 Å². The molecule has 2 rings (SSSR count). The smallest absolute Gasteiger partial charge is 0.0406 e. The zero-order valence-electron chi connectivity index (χ0n) is 10.9. The van der Waals surface area contributed by atoms with Crippen LogP contribution in [0, 0.1) is 11.8 Å². The van der Waals surface area contributed by atoms with Crippen molar-refractivity contribution in [3.05, 3.63) is 30.1 Å². The van der Waals surface area contributed by atoms with Gasteiger partial charge in [0.2, 0.25) is 0 Å². The van der Waals surface area contributed by atoms with Gasteiger partial charge in [0, 0.05) is 11.9 Å². The fourth-order valence-corrected chi connectivity index (χ4v) is 3.05. The molecule has 0 spiro atoms. The molecule has 1 heterocycles. The molecule has 1 aromatic rings. The maximum absolute atomic E-state index is 4.48. The molecule has 1 fully saturated rings. The first-order valence-corrected chi connectivity index (χ1v) is 6.94. The van der Waals surface area contributed by atoms with Gasteiger partial charge in [0.15, 0.2) is 0 Å². The van der Waals surface area contributed by atoms with Crippen molar-refractivity contribution in [2.75, 3.05) is 13.6 Å². The van der Waals surface area contributed by atoms with Gasteiger partial charge < -0.3 is 5.32 Å². The molecular formula is C15H24N2. The molecule has 0 saturated heterocycles. The summed E-state index contributed by atoms with van der Waals surface area (Å²) in [6, 6.07) is 6.27. The lowest BCUT2D eigenvalue weighted by molar-refractivity contribution is 0.302. The van der Waals surface area contributed by atoms with E-state index < -0.39 is 0 Å². The standard InChI is InChI=1S/C15H24N2/c1-16-12-14-8-4-2-3-7-13(14)11-15-9-5-6-10-17-15/h5-6,9-10,13-14,16H,2-4,7-8,11-12H2,1H3. The van der Waals surface area contributed by atoms with Gasteiger partial charge in [0.1, 0.15) is 0 Å². The summed E-state index contributed by atoms with van der Waals surface area (Å²) >= 11 is 0. The maximum atomic E-state index is 4.48. The van der Waals surface area contributed by atoms with Gasteiger partial charge in [0.05, 0.1) is 0 Å².